The van der Waals surface area contributed by atoms with E-state index in [1.807, 2.05) is 18.2 Å². The fraction of sp³-hybridized carbons (Fsp3) is 0.523. The number of aromatic nitrogens is 7. The van der Waals surface area contributed by atoms with Gasteiger partial charge in [0.25, 0.3) is 12.3 Å². The van der Waals surface area contributed by atoms with E-state index in [0.717, 1.165) is 76.9 Å². The van der Waals surface area contributed by atoms with Crippen molar-refractivity contribution in [1.29, 1.82) is 0 Å². The van der Waals surface area contributed by atoms with Crippen molar-refractivity contribution in [2.75, 3.05) is 49.6 Å². The Bertz CT molecular complexity index is 2700. The lowest BCUT2D eigenvalue weighted by molar-refractivity contribution is -0.135. The van der Waals surface area contributed by atoms with Crippen LogP contribution in [-0.2, 0) is 26.1 Å². The van der Waals surface area contributed by atoms with Crippen LogP contribution in [0.4, 0.5) is 20.3 Å². The summed E-state index contributed by atoms with van der Waals surface area (Å²) < 4.78 is 46.5. The van der Waals surface area contributed by atoms with Crippen LogP contribution in [0.25, 0.3) is 16.7 Å². The number of morpholine rings is 1. The molecule has 19 heteroatoms. The molecule has 8 heterocycles. The van der Waals surface area contributed by atoms with E-state index in [1.54, 1.807) is 24.0 Å². The summed E-state index contributed by atoms with van der Waals surface area (Å²) in [6.07, 6.45) is 8.73. The third kappa shape index (κ3) is 8.00. The number of anilines is 2. The number of carbonyl (C=O) groups is 3. The Morgan fingerprint density at radius 2 is 1.89 bits per heavy atom. The predicted octanol–water partition coefficient (Wildman–Crippen LogP) is 3.99. The number of likely N-dealkylation sites (tertiary alicyclic amines) is 1. The second kappa shape index (κ2) is 17.0. The van der Waals surface area contributed by atoms with E-state index < -0.39 is 30.0 Å². The number of para-hydroxylation sites is 1. The molecule has 1 saturated carbocycles. The van der Waals surface area contributed by atoms with Crippen molar-refractivity contribution in [3.8, 4) is 11.8 Å². The van der Waals surface area contributed by atoms with Crippen molar-refractivity contribution in [3.05, 3.63) is 70.2 Å². The van der Waals surface area contributed by atoms with Crippen molar-refractivity contribution in [2.24, 2.45) is 13.0 Å². The first-order chi connectivity index (χ1) is 30.6. The zero-order chi connectivity index (χ0) is 43.4. The molecular formula is C44H49F2N11O6. The normalized spacial score (nSPS) is 24.4. The summed E-state index contributed by atoms with van der Waals surface area (Å²) in [6.45, 7) is 4.40. The van der Waals surface area contributed by atoms with E-state index in [9.17, 15) is 28.0 Å². The van der Waals surface area contributed by atoms with Gasteiger partial charge in [-0.1, -0.05) is 17.9 Å². The minimum atomic E-state index is -2.86. The minimum absolute atomic E-state index is 0.0104. The molecule has 3 amide bonds. The first-order valence-electron chi connectivity index (χ1n) is 21.9. The van der Waals surface area contributed by atoms with Crippen LogP contribution >= 0.6 is 0 Å². The molecule has 1 aromatic carbocycles. The Morgan fingerprint density at radius 1 is 1.06 bits per heavy atom. The first-order valence-corrected chi connectivity index (χ1v) is 21.9. The molecular weight excluding hydrogens is 817 g/mol. The SMILES string of the molecule is Cn1c(=O)n(C2CCC(=O)NC2=O)c2cccc(C#CCOC3CCN(C[C@H]4CC[C@H](n5cc(NC(=O)c6cnn7ccc(N8C[C@H]9C[C@@H]8CO9)nc67)c(C(F)F)n5)CC4)CC3)c21. The number of alkyl halides is 2. The average molecular weight is 866 g/mol. The van der Waals surface area contributed by atoms with Gasteiger partial charge < -0.3 is 24.6 Å². The quantitative estimate of drug-likeness (QED) is 0.154. The van der Waals surface area contributed by atoms with Crippen molar-refractivity contribution in [1.82, 2.24) is 43.7 Å². The number of imide groups is 1. The highest BCUT2D eigenvalue weighted by Crippen LogP contribution is 2.36. The Kier molecular flexibility index (Phi) is 11.1. The van der Waals surface area contributed by atoms with E-state index in [1.165, 1.54) is 26.0 Å². The van der Waals surface area contributed by atoms with Crippen LogP contribution in [0, 0.1) is 17.8 Å². The topological polar surface area (TPSA) is 175 Å². The molecule has 5 aromatic rings. The molecule has 17 nitrogen and oxygen atoms in total. The van der Waals surface area contributed by atoms with Crippen LogP contribution in [0.15, 0.2) is 47.7 Å². The molecule has 1 aliphatic carbocycles. The van der Waals surface area contributed by atoms with Crippen molar-refractivity contribution < 1.29 is 32.6 Å². The number of nitrogens with one attached hydrogen (secondary N) is 2. The highest BCUT2D eigenvalue weighted by atomic mass is 19.3. The van der Waals surface area contributed by atoms with Crippen LogP contribution in [0.2, 0.25) is 0 Å². The Hall–Kier alpha value is -5.97. The molecule has 3 atom stereocenters. The maximum absolute atomic E-state index is 14.3. The molecule has 2 N–H and O–H groups in total. The number of ether oxygens (including phenoxy) is 2. The van der Waals surface area contributed by atoms with Crippen molar-refractivity contribution in [2.45, 2.75) is 94.5 Å². The number of benzene rings is 1. The zero-order valence-corrected chi connectivity index (χ0v) is 34.9. The molecule has 0 spiro atoms. The fourth-order valence-corrected chi connectivity index (χ4v) is 10.2. The maximum atomic E-state index is 14.3. The Labute approximate surface area is 360 Å². The van der Waals surface area contributed by atoms with E-state index >= 15 is 0 Å². The van der Waals surface area contributed by atoms with Crippen LogP contribution in [0.5, 0.6) is 0 Å². The smallest absolute Gasteiger partial charge is 0.329 e. The maximum Gasteiger partial charge on any atom is 0.329 e. The van der Waals surface area contributed by atoms with Gasteiger partial charge in [-0.25, -0.2) is 23.1 Å². The van der Waals surface area contributed by atoms with E-state index in [4.69, 9.17) is 14.5 Å². The number of nitrogens with zero attached hydrogens (tertiary/aromatic N) is 9. The molecule has 63 heavy (non-hydrogen) atoms. The lowest BCUT2D eigenvalue weighted by Crippen LogP contribution is -2.44. The van der Waals surface area contributed by atoms with Crippen LogP contribution in [0.3, 0.4) is 0 Å². The number of piperidine rings is 2. The number of hydrogen-bond donors (Lipinski definition) is 2. The van der Waals surface area contributed by atoms with E-state index in [-0.39, 0.29) is 66.6 Å². The average Bonchev–Trinajstić information content (AvgIpc) is 4.13. The summed E-state index contributed by atoms with van der Waals surface area (Å²) in [4.78, 5) is 60.5. The highest BCUT2D eigenvalue weighted by molar-refractivity contribution is 6.08. The highest BCUT2D eigenvalue weighted by Gasteiger charge is 2.40. The summed E-state index contributed by atoms with van der Waals surface area (Å²) in [6, 6.07) is 6.73. The van der Waals surface area contributed by atoms with Crippen LogP contribution in [-0.4, -0.2) is 114 Å². The summed E-state index contributed by atoms with van der Waals surface area (Å²) >= 11 is 0. The summed E-state index contributed by atoms with van der Waals surface area (Å²) in [5.41, 5.74) is 1.62. The number of halogens is 2. The zero-order valence-electron chi connectivity index (χ0n) is 34.9. The molecule has 4 aromatic heterocycles. The van der Waals surface area contributed by atoms with Crippen LogP contribution in [0.1, 0.15) is 97.9 Å². The number of carbonyl (C=O) groups excluding carboxylic acids is 3. The van der Waals surface area contributed by atoms with Crippen molar-refractivity contribution in [3.63, 3.8) is 0 Å². The fourth-order valence-electron chi connectivity index (χ4n) is 10.2. The molecule has 10 rings (SSSR count). The summed E-state index contributed by atoms with van der Waals surface area (Å²) in [5.74, 6) is 6.11. The van der Waals surface area contributed by atoms with Gasteiger partial charge in [-0.15, -0.1) is 0 Å². The molecule has 5 fully saturated rings. The monoisotopic (exact) mass is 865 g/mol. The first kappa shape index (κ1) is 41.1. The Balaban J connectivity index is 0.700. The summed E-state index contributed by atoms with van der Waals surface area (Å²) in [7, 11) is 1.66. The van der Waals surface area contributed by atoms with E-state index in [2.05, 4.69) is 42.5 Å². The molecule has 2 bridgehead atoms. The largest absolute Gasteiger partial charge is 0.374 e. The lowest BCUT2D eigenvalue weighted by atomic mass is 9.85. The molecule has 4 aliphatic heterocycles. The molecule has 5 aliphatic rings. The predicted molar refractivity (Wildman–Crippen MR) is 226 cm³/mol. The number of hydrogen-bond acceptors (Lipinski definition) is 11. The third-order valence-corrected chi connectivity index (χ3v) is 13.5. The number of amides is 3. The summed E-state index contributed by atoms with van der Waals surface area (Å²) in [5, 5.41) is 13.6. The minimum Gasteiger partial charge on any atom is -0.374 e. The second-order valence-corrected chi connectivity index (χ2v) is 17.4. The number of aryl methyl sites for hydroxylation is 1. The molecule has 330 valence electrons. The van der Waals surface area contributed by atoms with Gasteiger partial charge in [0, 0.05) is 52.0 Å². The van der Waals surface area contributed by atoms with Gasteiger partial charge in [0.15, 0.2) is 11.3 Å². The lowest BCUT2D eigenvalue weighted by Gasteiger charge is -2.36. The van der Waals surface area contributed by atoms with Gasteiger partial charge in [-0.2, -0.15) is 10.2 Å². The second-order valence-electron chi connectivity index (χ2n) is 17.4. The number of fused-ring (bicyclic) bond motifs is 4. The van der Waals surface area contributed by atoms with Gasteiger partial charge in [-0.05, 0) is 75.5 Å². The van der Waals surface area contributed by atoms with Gasteiger partial charge in [0.05, 0.1) is 59.4 Å². The van der Waals surface area contributed by atoms with Crippen LogP contribution < -0.4 is 21.2 Å². The van der Waals surface area contributed by atoms with Gasteiger partial charge in [0.1, 0.15) is 24.0 Å². The molecule has 1 unspecified atom stereocenters. The van der Waals surface area contributed by atoms with Crippen molar-refractivity contribution >= 4 is 45.9 Å². The Morgan fingerprint density at radius 3 is 2.63 bits per heavy atom. The standard InChI is InChI=1S/C44H49F2N11O6/c1-52-39-27(4-2-6-34(39)57(44(52)61)35-11-12-37(58)50-43(35)60)5-3-19-62-30-13-16-53(17-14-30)22-26-7-9-28(10-8-26)56-24-33(38(51-56)40(45)46)48-42(59)32-21-47-55-18-15-36(49-41(32)55)54-23-31-20-29(54)25-63-31/h2,4,6,15,18,21,24,26,28-31,35,40H,7-14,16-17,19-20,22-23,25H2,1H3,(H,48,59)(H,50,58,60)/t26-,28-,29-,31-,35?/m1/s1. The van der Waals surface area contributed by atoms with Gasteiger partial charge >= 0.3 is 5.69 Å². The van der Waals surface area contributed by atoms with Gasteiger partial charge in [-0.3, -0.25) is 33.5 Å². The molecule has 0 radical (unpaired) electrons. The number of rotatable bonds is 10. The van der Waals surface area contributed by atoms with Gasteiger partial charge in [0.2, 0.25) is 11.8 Å². The van der Waals surface area contributed by atoms with E-state index in [0.29, 0.717) is 34.8 Å². The molecule has 4 saturated heterocycles. The number of imidazole rings is 1. The third-order valence-electron chi connectivity index (χ3n) is 13.5.